The summed E-state index contributed by atoms with van der Waals surface area (Å²) in [5.74, 6) is -1.77. The smallest absolute Gasteiger partial charge is 0.327 e. The van der Waals surface area contributed by atoms with Crippen LogP contribution in [-0.4, -0.2) is 52.5 Å². The van der Waals surface area contributed by atoms with E-state index >= 15 is 0 Å². The Hall–Kier alpha value is -1.77. The van der Waals surface area contributed by atoms with Crippen molar-refractivity contribution in [1.29, 1.82) is 0 Å². The van der Waals surface area contributed by atoms with Crippen molar-refractivity contribution in [3.8, 4) is 0 Å². The first-order valence-corrected chi connectivity index (χ1v) is 6.93. The van der Waals surface area contributed by atoms with E-state index in [2.05, 4.69) is 16.0 Å². The predicted octanol–water partition coefficient (Wildman–Crippen LogP) is -0.457. The van der Waals surface area contributed by atoms with Crippen LogP contribution in [0.25, 0.3) is 0 Å². The molecule has 0 aromatic carbocycles. The SMILES string of the molecule is CC(C)(C)NC(=O)NC(=O)CSCC(NC=O)C(=O)O. The maximum Gasteiger partial charge on any atom is 0.327 e. The van der Waals surface area contributed by atoms with Gasteiger partial charge in [-0.25, -0.2) is 9.59 Å². The van der Waals surface area contributed by atoms with Gasteiger partial charge in [-0.15, -0.1) is 11.8 Å². The Morgan fingerprint density at radius 1 is 1.30 bits per heavy atom. The van der Waals surface area contributed by atoms with Gasteiger partial charge in [0.1, 0.15) is 6.04 Å². The molecule has 0 saturated heterocycles. The Kier molecular flexibility index (Phi) is 7.67. The molecule has 1 unspecified atom stereocenters. The molecule has 0 aliphatic carbocycles. The van der Waals surface area contributed by atoms with Gasteiger partial charge in [-0.3, -0.25) is 14.9 Å². The molecule has 0 saturated carbocycles. The van der Waals surface area contributed by atoms with E-state index in [0.717, 1.165) is 11.8 Å². The topological polar surface area (TPSA) is 125 Å². The summed E-state index contributed by atoms with van der Waals surface area (Å²) in [7, 11) is 0. The van der Waals surface area contributed by atoms with Crippen LogP contribution in [0.2, 0.25) is 0 Å². The fourth-order valence-electron chi connectivity index (χ4n) is 1.08. The zero-order chi connectivity index (χ0) is 15.8. The number of imide groups is 1. The highest BCUT2D eigenvalue weighted by Crippen LogP contribution is 2.03. The van der Waals surface area contributed by atoms with Crippen LogP contribution in [0.5, 0.6) is 0 Å². The van der Waals surface area contributed by atoms with E-state index in [-0.39, 0.29) is 17.9 Å². The van der Waals surface area contributed by atoms with Gasteiger partial charge in [0.05, 0.1) is 5.75 Å². The zero-order valence-electron chi connectivity index (χ0n) is 11.6. The van der Waals surface area contributed by atoms with Crippen molar-refractivity contribution < 1.29 is 24.3 Å². The molecule has 20 heavy (non-hydrogen) atoms. The average molecular weight is 305 g/mol. The standard InChI is InChI=1S/C11H19N3O5S/c1-11(2,3)14-10(19)13-8(16)5-20-4-7(9(17)18)12-6-15/h6-7H,4-5H2,1-3H3,(H,12,15)(H,17,18)(H2,13,14,16,19). The summed E-state index contributed by atoms with van der Waals surface area (Å²) in [6.07, 6.45) is 0.288. The fraction of sp³-hybridized carbons (Fsp3) is 0.636. The van der Waals surface area contributed by atoms with Gasteiger partial charge in [-0.1, -0.05) is 0 Å². The second-order valence-electron chi connectivity index (χ2n) is 4.94. The number of aliphatic carboxylic acids is 1. The summed E-state index contributed by atoms with van der Waals surface area (Å²) in [4.78, 5) is 43.7. The van der Waals surface area contributed by atoms with Gasteiger partial charge in [0.25, 0.3) is 0 Å². The second-order valence-corrected chi connectivity index (χ2v) is 5.97. The van der Waals surface area contributed by atoms with Gasteiger partial charge in [0.2, 0.25) is 12.3 Å². The highest BCUT2D eigenvalue weighted by Gasteiger charge is 2.18. The van der Waals surface area contributed by atoms with Crippen LogP contribution in [0.1, 0.15) is 20.8 Å². The molecule has 9 heteroatoms. The van der Waals surface area contributed by atoms with E-state index in [1.807, 2.05) is 0 Å². The summed E-state index contributed by atoms with van der Waals surface area (Å²) in [6.45, 7) is 5.32. The first-order chi connectivity index (χ1) is 9.15. The molecule has 8 nitrogen and oxygen atoms in total. The number of hydrogen-bond acceptors (Lipinski definition) is 5. The molecule has 0 fully saturated rings. The van der Waals surface area contributed by atoms with Gasteiger partial charge in [-0.2, -0.15) is 0 Å². The minimum absolute atomic E-state index is 0.0301. The molecule has 0 aromatic heterocycles. The molecule has 0 bridgehead atoms. The summed E-state index contributed by atoms with van der Waals surface area (Å²) >= 11 is 1.00. The van der Waals surface area contributed by atoms with E-state index in [9.17, 15) is 19.2 Å². The number of amides is 4. The lowest BCUT2D eigenvalue weighted by Crippen LogP contribution is -2.48. The number of carboxylic acid groups (broad SMARTS) is 1. The molecule has 0 aliphatic heterocycles. The molecule has 4 N–H and O–H groups in total. The van der Waals surface area contributed by atoms with Crippen molar-refractivity contribution in [1.82, 2.24) is 16.0 Å². The molecule has 1 atom stereocenters. The lowest BCUT2D eigenvalue weighted by molar-refractivity contribution is -0.139. The molecule has 0 rings (SSSR count). The van der Waals surface area contributed by atoms with Crippen LogP contribution in [0, 0.1) is 0 Å². The maximum atomic E-state index is 11.4. The Morgan fingerprint density at radius 3 is 2.35 bits per heavy atom. The van der Waals surface area contributed by atoms with Gasteiger partial charge < -0.3 is 15.7 Å². The fourth-order valence-corrected chi connectivity index (χ4v) is 1.93. The molecular formula is C11H19N3O5S. The quantitative estimate of drug-likeness (QED) is 0.472. The Labute approximate surface area is 121 Å². The van der Waals surface area contributed by atoms with Crippen molar-refractivity contribution in [3.05, 3.63) is 0 Å². The number of carboxylic acids is 1. The second kappa shape index (κ2) is 8.41. The molecule has 0 spiro atoms. The third-order valence-corrected chi connectivity index (χ3v) is 2.86. The average Bonchev–Trinajstić information content (AvgIpc) is 2.24. The van der Waals surface area contributed by atoms with E-state index in [1.165, 1.54) is 0 Å². The minimum atomic E-state index is -1.18. The van der Waals surface area contributed by atoms with E-state index in [0.29, 0.717) is 0 Å². The summed E-state index contributed by atoms with van der Waals surface area (Å²) in [6, 6.07) is -1.67. The van der Waals surface area contributed by atoms with Crippen molar-refractivity contribution in [2.24, 2.45) is 0 Å². The summed E-state index contributed by atoms with van der Waals surface area (Å²) in [5.41, 5.74) is -0.459. The number of rotatable bonds is 7. The summed E-state index contributed by atoms with van der Waals surface area (Å²) < 4.78 is 0. The van der Waals surface area contributed by atoms with E-state index < -0.39 is 29.5 Å². The minimum Gasteiger partial charge on any atom is -0.480 e. The van der Waals surface area contributed by atoms with Crippen molar-refractivity contribution >= 4 is 36.1 Å². The molecule has 114 valence electrons. The molecule has 4 amide bonds. The van der Waals surface area contributed by atoms with Crippen LogP contribution in [0.3, 0.4) is 0 Å². The molecular weight excluding hydrogens is 286 g/mol. The molecule has 0 heterocycles. The van der Waals surface area contributed by atoms with Crippen LogP contribution < -0.4 is 16.0 Å². The number of carbonyl (C=O) groups excluding carboxylic acids is 3. The van der Waals surface area contributed by atoms with Crippen molar-refractivity contribution in [2.45, 2.75) is 32.4 Å². The van der Waals surface area contributed by atoms with E-state index in [4.69, 9.17) is 5.11 Å². The summed E-state index contributed by atoms with van der Waals surface area (Å²) in [5, 5.41) is 15.5. The lowest BCUT2D eigenvalue weighted by Gasteiger charge is -2.20. The van der Waals surface area contributed by atoms with Crippen LogP contribution in [0.4, 0.5) is 4.79 Å². The number of hydrogen-bond donors (Lipinski definition) is 4. The van der Waals surface area contributed by atoms with Gasteiger partial charge >= 0.3 is 12.0 Å². The van der Waals surface area contributed by atoms with Gasteiger partial charge in [0.15, 0.2) is 0 Å². The number of thioether (sulfide) groups is 1. The monoisotopic (exact) mass is 305 g/mol. The first-order valence-electron chi connectivity index (χ1n) is 5.78. The van der Waals surface area contributed by atoms with E-state index in [1.54, 1.807) is 20.8 Å². The molecule has 0 radical (unpaired) electrons. The first kappa shape index (κ1) is 18.2. The highest BCUT2D eigenvalue weighted by atomic mass is 32.2. The van der Waals surface area contributed by atoms with Gasteiger partial charge in [-0.05, 0) is 20.8 Å². The third kappa shape index (κ3) is 9.20. The Balaban J connectivity index is 4.02. The maximum absolute atomic E-state index is 11.4. The number of nitrogens with one attached hydrogen (secondary N) is 3. The normalized spacial score (nSPS) is 12.2. The van der Waals surface area contributed by atoms with Crippen LogP contribution in [0.15, 0.2) is 0 Å². The van der Waals surface area contributed by atoms with Crippen molar-refractivity contribution in [3.63, 3.8) is 0 Å². The van der Waals surface area contributed by atoms with Crippen molar-refractivity contribution in [2.75, 3.05) is 11.5 Å². The Bertz CT molecular complexity index is 381. The molecule has 0 aliphatic rings. The van der Waals surface area contributed by atoms with Gasteiger partial charge in [0, 0.05) is 11.3 Å². The highest BCUT2D eigenvalue weighted by molar-refractivity contribution is 8.00. The Morgan fingerprint density at radius 2 is 1.90 bits per heavy atom. The number of carbonyl (C=O) groups is 4. The molecule has 0 aromatic rings. The predicted molar refractivity (Wildman–Crippen MR) is 74.4 cm³/mol. The lowest BCUT2D eigenvalue weighted by atomic mass is 10.1. The van der Waals surface area contributed by atoms with Crippen LogP contribution in [-0.2, 0) is 14.4 Å². The largest absolute Gasteiger partial charge is 0.480 e. The third-order valence-electron chi connectivity index (χ3n) is 1.83. The number of urea groups is 1. The van der Waals surface area contributed by atoms with Crippen LogP contribution >= 0.6 is 11.8 Å². The zero-order valence-corrected chi connectivity index (χ0v) is 12.4.